The molecule has 1 unspecified atom stereocenters. The normalized spacial score (nSPS) is 11.5. The molecule has 9 heteroatoms. The zero-order valence-corrected chi connectivity index (χ0v) is 14.3. The van der Waals surface area contributed by atoms with Gasteiger partial charge in [0.25, 0.3) is 11.6 Å². The molecule has 26 heavy (non-hydrogen) atoms. The number of benzene rings is 2. The van der Waals surface area contributed by atoms with Crippen LogP contribution in [0.5, 0.6) is 0 Å². The molecule has 2 aromatic rings. The van der Waals surface area contributed by atoms with Crippen molar-refractivity contribution < 1.29 is 23.6 Å². The maximum absolute atomic E-state index is 13.1. The van der Waals surface area contributed by atoms with Gasteiger partial charge in [0.15, 0.2) is 0 Å². The van der Waals surface area contributed by atoms with Gasteiger partial charge >= 0.3 is 5.97 Å². The molecule has 7 nitrogen and oxygen atoms in total. The third-order valence-electron chi connectivity index (χ3n) is 3.58. The molecule has 1 atom stereocenters. The van der Waals surface area contributed by atoms with Crippen LogP contribution < -0.4 is 5.32 Å². The van der Waals surface area contributed by atoms with E-state index < -0.39 is 28.7 Å². The van der Waals surface area contributed by atoms with Crippen molar-refractivity contribution in [3.63, 3.8) is 0 Å². The number of nitrogens with zero attached hydrogens (tertiary/aromatic N) is 1. The first kappa shape index (κ1) is 19.3. The van der Waals surface area contributed by atoms with Gasteiger partial charge < -0.3 is 10.1 Å². The molecule has 2 aromatic carbocycles. The molecule has 2 rings (SSSR count). The molecule has 0 aromatic heterocycles. The second-order valence-electron chi connectivity index (χ2n) is 5.28. The van der Waals surface area contributed by atoms with Gasteiger partial charge in [-0.3, -0.25) is 19.7 Å². The zero-order chi connectivity index (χ0) is 19.3. The first-order valence-corrected chi connectivity index (χ1v) is 7.76. The smallest absolute Gasteiger partial charge is 0.307 e. The van der Waals surface area contributed by atoms with Gasteiger partial charge in [0, 0.05) is 12.1 Å². The lowest BCUT2D eigenvalue weighted by atomic mass is 10.0. The summed E-state index contributed by atoms with van der Waals surface area (Å²) < 4.78 is 17.7. The van der Waals surface area contributed by atoms with Crippen molar-refractivity contribution in [3.05, 3.63) is 74.5 Å². The van der Waals surface area contributed by atoms with E-state index in [-0.39, 0.29) is 22.7 Å². The molecule has 0 aliphatic heterocycles. The molecular weight excluding hydrogens is 367 g/mol. The average molecular weight is 381 g/mol. The van der Waals surface area contributed by atoms with Crippen LogP contribution in [0.1, 0.15) is 28.4 Å². The second-order valence-corrected chi connectivity index (χ2v) is 5.69. The van der Waals surface area contributed by atoms with Crippen LogP contribution in [0.25, 0.3) is 0 Å². The van der Waals surface area contributed by atoms with Crippen LogP contribution in [-0.2, 0) is 9.53 Å². The molecular formula is C17H14ClFN2O5. The lowest BCUT2D eigenvalue weighted by molar-refractivity contribution is -0.384. The molecule has 0 aliphatic carbocycles. The SMILES string of the molecule is COC(=O)CC(NC(=O)c1ccc([N+](=O)[O-])cc1Cl)c1ccc(F)cc1. The van der Waals surface area contributed by atoms with Crippen LogP contribution in [0.2, 0.25) is 5.02 Å². The van der Waals surface area contributed by atoms with Crippen molar-refractivity contribution in [2.45, 2.75) is 12.5 Å². The summed E-state index contributed by atoms with van der Waals surface area (Å²) >= 11 is 5.95. The number of amides is 1. The molecule has 0 fully saturated rings. The van der Waals surface area contributed by atoms with Crippen LogP contribution in [0, 0.1) is 15.9 Å². The van der Waals surface area contributed by atoms with Gasteiger partial charge in [0.1, 0.15) is 5.82 Å². The highest BCUT2D eigenvalue weighted by Crippen LogP contribution is 2.24. The topological polar surface area (TPSA) is 98.5 Å². The highest BCUT2D eigenvalue weighted by atomic mass is 35.5. The Morgan fingerprint density at radius 2 is 1.92 bits per heavy atom. The lowest BCUT2D eigenvalue weighted by Gasteiger charge is -2.18. The minimum Gasteiger partial charge on any atom is -0.469 e. The van der Waals surface area contributed by atoms with E-state index in [0.717, 1.165) is 12.1 Å². The number of carbonyl (C=O) groups is 2. The minimum atomic E-state index is -0.790. The van der Waals surface area contributed by atoms with Gasteiger partial charge in [-0.25, -0.2) is 4.39 Å². The number of esters is 1. The summed E-state index contributed by atoms with van der Waals surface area (Å²) in [4.78, 5) is 34.2. The summed E-state index contributed by atoms with van der Waals surface area (Å²) in [5.41, 5.74) is 0.244. The Labute approximate surface area is 152 Å². The van der Waals surface area contributed by atoms with Crippen molar-refractivity contribution in [2.24, 2.45) is 0 Å². The van der Waals surface area contributed by atoms with Crippen molar-refractivity contribution in [1.29, 1.82) is 0 Å². The van der Waals surface area contributed by atoms with E-state index in [1.54, 1.807) is 0 Å². The number of nitro benzene ring substituents is 1. The average Bonchev–Trinajstić information content (AvgIpc) is 2.61. The number of rotatable bonds is 6. The summed E-state index contributed by atoms with van der Waals surface area (Å²) in [7, 11) is 1.21. The quantitative estimate of drug-likeness (QED) is 0.470. The Hall–Kier alpha value is -3.00. The zero-order valence-electron chi connectivity index (χ0n) is 13.6. The monoisotopic (exact) mass is 380 g/mol. The molecule has 0 spiro atoms. The molecule has 0 saturated heterocycles. The van der Waals surface area contributed by atoms with E-state index >= 15 is 0 Å². The number of nitro groups is 1. The number of hydrogen-bond acceptors (Lipinski definition) is 5. The van der Waals surface area contributed by atoms with E-state index in [0.29, 0.717) is 5.56 Å². The highest BCUT2D eigenvalue weighted by molar-refractivity contribution is 6.34. The number of methoxy groups -OCH3 is 1. The first-order valence-electron chi connectivity index (χ1n) is 7.39. The van der Waals surface area contributed by atoms with Crippen LogP contribution in [-0.4, -0.2) is 23.9 Å². The fraction of sp³-hybridized carbons (Fsp3) is 0.176. The van der Waals surface area contributed by atoms with Crippen LogP contribution in [0.15, 0.2) is 42.5 Å². The number of hydrogen-bond donors (Lipinski definition) is 1. The van der Waals surface area contributed by atoms with E-state index in [1.165, 1.54) is 37.4 Å². The summed E-state index contributed by atoms with van der Waals surface area (Å²) in [6.45, 7) is 0. The Kier molecular flexibility index (Phi) is 6.24. The Morgan fingerprint density at radius 3 is 2.46 bits per heavy atom. The van der Waals surface area contributed by atoms with Crippen molar-refractivity contribution in [3.8, 4) is 0 Å². The van der Waals surface area contributed by atoms with E-state index in [9.17, 15) is 24.1 Å². The summed E-state index contributed by atoms with van der Waals surface area (Å²) in [5.74, 6) is -1.67. The Morgan fingerprint density at radius 1 is 1.27 bits per heavy atom. The van der Waals surface area contributed by atoms with Gasteiger partial charge in [-0.2, -0.15) is 0 Å². The van der Waals surface area contributed by atoms with E-state index in [1.807, 2.05) is 0 Å². The number of halogens is 2. The standard InChI is InChI=1S/C17H14ClFN2O5/c1-26-16(22)9-15(10-2-4-11(19)5-3-10)20-17(23)13-7-6-12(21(24)25)8-14(13)18/h2-8,15H,9H2,1H3,(H,20,23). The van der Waals surface area contributed by atoms with Gasteiger partial charge in [0.05, 0.1) is 35.1 Å². The number of carbonyl (C=O) groups excluding carboxylic acids is 2. The second kappa shape index (κ2) is 8.39. The van der Waals surface area contributed by atoms with Crippen LogP contribution in [0.3, 0.4) is 0 Å². The maximum Gasteiger partial charge on any atom is 0.307 e. The predicted molar refractivity (Wildman–Crippen MR) is 91.3 cm³/mol. The molecule has 0 aliphatic rings. The lowest BCUT2D eigenvalue weighted by Crippen LogP contribution is -2.30. The van der Waals surface area contributed by atoms with Crippen LogP contribution in [0.4, 0.5) is 10.1 Å². The summed E-state index contributed by atoms with van der Waals surface area (Å²) in [5, 5.41) is 13.2. The summed E-state index contributed by atoms with van der Waals surface area (Å²) in [6, 6.07) is 7.89. The molecule has 0 heterocycles. The number of ether oxygens (including phenoxy) is 1. The minimum absolute atomic E-state index is 0.00856. The molecule has 0 radical (unpaired) electrons. The molecule has 1 N–H and O–H groups in total. The molecule has 0 bridgehead atoms. The molecule has 136 valence electrons. The van der Waals surface area contributed by atoms with Gasteiger partial charge in [-0.05, 0) is 23.8 Å². The van der Waals surface area contributed by atoms with E-state index in [4.69, 9.17) is 11.6 Å². The third-order valence-corrected chi connectivity index (χ3v) is 3.90. The van der Waals surface area contributed by atoms with Crippen molar-refractivity contribution >= 4 is 29.2 Å². The molecule has 1 amide bonds. The Bertz CT molecular complexity index is 842. The van der Waals surface area contributed by atoms with Crippen LogP contribution >= 0.6 is 11.6 Å². The molecule has 0 saturated carbocycles. The largest absolute Gasteiger partial charge is 0.469 e. The fourth-order valence-electron chi connectivity index (χ4n) is 2.24. The van der Waals surface area contributed by atoms with Gasteiger partial charge in [0.2, 0.25) is 0 Å². The fourth-order valence-corrected chi connectivity index (χ4v) is 2.50. The van der Waals surface area contributed by atoms with Gasteiger partial charge in [-0.15, -0.1) is 0 Å². The summed E-state index contributed by atoms with van der Waals surface area (Å²) in [6.07, 6.45) is -0.182. The Balaban J connectivity index is 2.26. The number of non-ortho nitro benzene ring substituents is 1. The highest BCUT2D eigenvalue weighted by Gasteiger charge is 2.22. The van der Waals surface area contributed by atoms with Gasteiger partial charge in [-0.1, -0.05) is 23.7 Å². The number of nitrogens with one attached hydrogen (secondary N) is 1. The third kappa shape index (κ3) is 4.76. The predicted octanol–water partition coefficient (Wildman–Crippen LogP) is 3.42. The maximum atomic E-state index is 13.1. The van der Waals surface area contributed by atoms with Crippen molar-refractivity contribution in [2.75, 3.05) is 7.11 Å². The van der Waals surface area contributed by atoms with Crippen molar-refractivity contribution in [1.82, 2.24) is 5.32 Å². The van der Waals surface area contributed by atoms with E-state index in [2.05, 4.69) is 10.1 Å². The first-order chi connectivity index (χ1) is 12.3.